The van der Waals surface area contributed by atoms with Gasteiger partial charge in [-0.15, -0.1) is 10.2 Å². The van der Waals surface area contributed by atoms with Gasteiger partial charge >= 0.3 is 0 Å². The van der Waals surface area contributed by atoms with Gasteiger partial charge in [-0.3, -0.25) is 9.59 Å². The first-order chi connectivity index (χ1) is 12.6. The van der Waals surface area contributed by atoms with E-state index in [9.17, 15) is 9.59 Å². The number of nitrogens with one attached hydrogen (secondary N) is 2. The first kappa shape index (κ1) is 17.7. The number of rotatable bonds is 6. The molecule has 0 saturated carbocycles. The van der Waals surface area contributed by atoms with E-state index in [0.717, 1.165) is 17.4 Å². The van der Waals surface area contributed by atoms with Crippen molar-refractivity contribution in [2.45, 2.75) is 12.1 Å². The second-order valence-corrected chi connectivity index (χ2v) is 6.26. The summed E-state index contributed by atoms with van der Waals surface area (Å²) >= 11 is 1.16. The fourth-order valence-electron chi connectivity index (χ4n) is 2.16. The molecular formula is C18H16N4O3S. The molecule has 8 heteroatoms. The summed E-state index contributed by atoms with van der Waals surface area (Å²) in [5.41, 5.74) is 2.06. The highest BCUT2D eigenvalue weighted by atomic mass is 32.2. The van der Waals surface area contributed by atoms with Crippen LogP contribution in [0.1, 0.15) is 6.92 Å². The maximum atomic E-state index is 11.9. The number of anilines is 2. The van der Waals surface area contributed by atoms with Gasteiger partial charge in [0, 0.05) is 23.9 Å². The molecule has 2 N–H and O–H groups in total. The zero-order valence-corrected chi connectivity index (χ0v) is 14.7. The van der Waals surface area contributed by atoms with Crippen molar-refractivity contribution in [1.82, 2.24) is 10.2 Å². The fraction of sp³-hybridized carbons (Fsp3) is 0.111. The standard InChI is InChI=1S/C18H16N4O3S/c1-12(23)19-15-9-5-6-13(10-15)17-21-22-18(25-17)26-11-16(24)20-14-7-3-2-4-8-14/h2-10H,11H2,1H3,(H,19,23)(H,20,24). The molecule has 2 amide bonds. The third-order valence-corrected chi connectivity index (χ3v) is 4.04. The molecule has 0 radical (unpaired) electrons. The normalized spacial score (nSPS) is 10.3. The molecule has 26 heavy (non-hydrogen) atoms. The zero-order chi connectivity index (χ0) is 18.4. The Balaban J connectivity index is 1.59. The van der Waals surface area contributed by atoms with Gasteiger partial charge in [0.1, 0.15) is 0 Å². The van der Waals surface area contributed by atoms with Crippen LogP contribution in [0.2, 0.25) is 0 Å². The van der Waals surface area contributed by atoms with Crippen molar-refractivity contribution in [2.75, 3.05) is 16.4 Å². The van der Waals surface area contributed by atoms with Crippen LogP contribution in [-0.2, 0) is 9.59 Å². The van der Waals surface area contributed by atoms with Crippen LogP contribution in [0.25, 0.3) is 11.5 Å². The third kappa shape index (κ3) is 4.93. The Hall–Kier alpha value is -3.13. The SMILES string of the molecule is CC(=O)Nc1cccc(-c2nnc(SCC(=O)Nc3ccccc3)o2)c1. The molecule has 3 aromatic rings. The summed E-state index contributed by atoms with van der Waals surface area (Å²) in [5.74, 6) is 0.160. The molecule has 0 unspecified atom stereocenters. The molecule has 1 aromatic heterocycles. The topological polar surface area (TPSA) is 97.1 Å². The number of thioether (sulfide) groups is 1. The average molecular weight is 368 g/mol. The van der Waals surface area contributed by atoms with Crippen LogP contribution in [0.3, 0.4) is 0 Å². The molecule has 132 valence electrons. The lowest BCUT2D eigenvalue weighted by Crippen LogP contribution is -2.13. The van der Waals surface area contributed by atoms with E-state index in [1.807, 2.05) is 30.3 Å². The highest BCUT2D eigenvalue weighted by Crippen LogP contribution is 2.25. The van der Waals surface area contributed by atoms with Crippen LogP contribution < -0.4 is 10.6 Å². The minimum Gasteiger partial charge on any atom is -0.411 e. The second kappa shape index (κ2) is 8.30. The first-order valence-corrected chi connectivity index (χ1v) is 8.78. The maximum absolute atomic E-state index is 11.9. The number of carbonyl (C=O) groups excluding carboxylic acids is 2. The lowest BCUT2D eigenvalue weighted by atomic mass is 10.2. The fourth-order valence-corrected chi connectivity index (χ4v) is 2.73. The van der Waals surface area contributed by atoms with Crippen LogP contribution in [0.5, 0.6) is 0 Å². The predicted octanol–water partition coefficient (Wildman–Crippen LogP) is 3.43. The van der Waals surface area contributed by atoms with Crippen molar-refractivity contribution in [2.24, 2.45) is 0 Å². The van der Waals surface area contributed by atoms with Gasteiger partial charge in [-0.05, 0) is 30.3 Å². The third-order valence-electron chi connectivity index (χ3n) is 3.22. The molecule has 7 nitrogen and oxygen atoms in total. The van der Waals surface area contributed by atoms with Gasteiger partial charge < -0.3 is 15.1 Å². The van der Waals surface area contributed by atoms with Gasteiger partial charge in [0.2, 0.25) is 17.7 Å². The predicted molar refractivity (Wildman–Crippen MR) is 99.8 cm³/mol. The van der Waals surface area contributed by atoms with Gasteiger partial charge in [-0.25, -0.2) is 0 Å². The molecule has 1 heterocycles. The van der Waals surface area contributed by atoms with Crippen LogP contribution in [0, 0.1) is 0 Å². The van der Waals surface area contributed by atoms with Crippen molar-refractivity contribution in [3.8, 4) is 11.5 Å². The zero-order valence-electron chi connectivity index (χ0n) is 13.9. The molecule has 0 spiro atoms. The van der Waals surface area contributed by atoms with Crippen molar-refractivity contribution in [3.63, 3.8) is 0 Å². The number of hydrogen-bond acceptors (Lipinski definition) is 6. The largest absolute Gasteiger partial charge is 0.411 e. The summed E-state index contributed by atoms with van der Waals surface area (Å²) in [5, 5.41) is 13.7. The second-order valence-electron chi connectivity index (χ2n) is 5.34. The van der Waals surface area contributed by atoms with Crippen molar-refractivity contribution >= 4 is 35.0 Å². The van der Waals surface area contributed by atoms with E-state index in [-0.39, 0.29) is 17.6 Å². The molecule has 2 aromatic carbocycles. The van der Waals surface area contributed by atoms with E-state index >= 15 is 0 Å². The van der Waals surface area contributed by atoms with Gasteiger partial charge in [0.25, 0.3) is 5.22 Å². The number of benzene rings is 2. The number of amides is 2. The van der Waals surface area contributed by atoms with E-state index in [2.05, 4.69) is 20.8 Å². The van der Waals surface area contributed by atoms with E-state index < -0.39 is 0 Å². The Bertz CT molecular complexity index is 912. The highest BCUT2D eigenvalue weighted by Gasteiger charge is 2.12. The Morgan fingerprint density at radius 1 is 1.00 bits per heavy atom. The monoisotopic (exact) mass is 368 g/mol. The minimum absolute atomic E-state index is 0.155. The van der Waals surface area contributed by atoms with E-state index in [1.165, 1.54) is 6.92 Å². The average Bonchev–Trinajstić information content (AvgIpc) is 3.10. The van der Waals surface area contributed by atoms with Crippen molar-refractivity contribution in [3.05, 3.63) is 54.6 Å². The molecule has 0 bridgehead atoms. The van der Waals surface area contributed by atoms with E-state index in [1.54, 1.807) is 24.3 Å². The molecule has 0 aliphatic heterocycles. The first-order valence-electron chi connectivity index (χ1n) is 7.79. The van der Waals surface area contributed by atoms with Crippen LogP contribution in [0.4, 0.5) is 11.4 Å². The summed E-state index contributed by atoms with van der Waals surface area (Å²) in [6.45, 7) is 1.44. The Morgan fingerprint density at radius 3 is 2.54 bits per heavy atom. The highest BCUT2D eigenvalue weighted by molar-refractivity contribution is 7.99. The Kier molecular flexibility index (Phi) is 5.65. The van der Waals surface area contributed by atoms with E-state index in [4.69, 9.17) is 4.42 Å². The number of aromatic nitrogens is 2. The summed E-state index contributed by atoms with van der Waals surface area (Å²) in [6.07, 6.45) is 0. The number of hydrogen-bond donors (Lipinski definition) is 2. The van der Waals surface area contributed by atoms with Gasteiger partial charge in [-0.1, -0.05) is 36.0 Å². The van der Waals surface area contributed by atoms with Crippen LogP contribution in [0.15, 0.2) is 64.2 Å². The summed E-state index contributed by atoms with van der Waals surface area (Å²) in [6, 6.07) is 16.3. The molecule has 0 atom stereocenters. The Labute approximate surface area is 154 Å². The molecule has 0 aliphatic rings. The number of para-hydroxylation sites is 1. The maximum Gasteiger partial charge on any atom is 0.277 e. The van der Waals surface area contributed by atoms with Crippen molar-refractivity contribution in [1.29, 1.82) is 0 Å². The molecule has 0 saturated heterocycles. The van der Waals surface area contributed by atoms with Crippen molar-refractivity contribution < 1.29 is 14.0 Å². The van der Waals surface area contributed by atoms with Gasteiger partial charge in [0.05, 0.1) is 5.75 Å². The summed E-state index contributed by atoms with van der Waals surface area (Å²) in [7, 11) is 0. The lowest BCUT2D eigenvalue weighted by molar-refractivity contribution is -0.114. The summed E-state index contributed by atoms with van der Waals surface area (Å²) in [4.78, 5) is 23.1. The lowest BCUT2D eigenvalue weighted by Gasteiger charge is -2.03. The van der Waals surface area contributed by atoms with E-state index in [0.29, 0.717) is 22.4 Å². The molecule has 0 fully saturated rings. The van der Waals surface area contributed by atoms with Crippen LogP contribution in [-0.4, -0.2) is 27.8 Å². The number of carbonyl (C=O) groups is 2. The molecular weight excluding hydrogens is 352 g/mol. The quantitative estimate of drug-likeness (QED) is 0.647. The van der Waals surface area contributed by atoms with Gasteiger partial charge in [-0.2, -0.15) is 0 Å². The summed E-state index contributed by atoms with van der Waals surface area (Å²) < 4.78 is 5.58. The van der Waals surface area contributed by atoms with Crippen LogP contribution >= 0.6 is 11.8 Å². The molecule has 3 rings (SSSR count). The number of nitrogens with zero attached hydrogens (tertiary/aromatic N) is 2. The Morgan fingerprint density at radius 2 is 1.77 bits per heavy atom. The molecule has 0 aliphatic carbocycles. The smallest absolute Gasteiger partial charge is 0.277 e. The van der Waals surface area contributed by atoms with Gasteiger partial charge in [0.15, 0.2) is 0 Å². The minimum atomic E-state index is -0.159.